The van der Waals surface area contributed by atoms with Crippen LogP contribution in [0.4, 0.5) is 0 Å². The summed E-state index contributed by atoms with van der Waals surface area (Å²) in [5.41, 5.74) is 8.71. The summed E-state index contributed by atoms with van der Waals surface area (Å²) in [7, 11) is 1.97. The van der Waals surface area contributed by atoms with Crippen molar-refractivity contribution in [3.8, 4) is 0 Å². The lowest BCUT2D eigenvalue weighted by Crippen LogP contribution is -2.23. The maximum atomic E-state index is 6.17. The molecule has 2 aromatic rings. The van der Waals surface area contributed by atoms with Crippen LogP contribution in [0.5, 0.6) is 0 Å². The van der Waals surface area contributed by atoms with E-state index >= 15 is 0 Å². The summed E-state index contributed by atoms with van der Waals surface area (Å²) in [6, 6.07) is 10.9. The number of aryl methyl sites for hydroxylation is 3. The molecule has 0 fully saturated rings. The number of nitrogens with zero attached hydrogens (tertiary/aromatic N) is 2. The number of benzene rings is 1. The van der Waals surface area contributed by atoms with Crippen molar-refractivity contribution in [2.24, 2.45) is 12.8 Å². The van der Waals surface area contributed by atoms with Gasteiger partial charge in [-0.3, -0.25) is 4.68 Å². The fraction of sp³-hybridized carbons (Fsp3) is 0.400. The first kappa shape index (κ1) is 14.2. The minimum Gasteiger partial charge on any atom is -0.327 e. The summed E-state index contributed by atoms with van der Waals surface area (Å²) in [4.78, 5) is 1.29. The fourth-order valence-corrected chi connectivity index (χ4v) is 2.80. The molecule has 1 atom stereocenters. The molecule has 0 aliphatic rings. The molecule has 1 heterocycles. The second-order valence-electron chi connectivity index (χ2n) is 4.87. The monoisotopic (exact) mass is 275 g/mol. The molecule has 2 rings (SSSR count). The quantitative estimate of drug-likeness (QED) is 0.824. The molecule has 0 radical (unpaired) electrons. The summed E-state index contributed by atoms with van der Waals surface area (Å²) in [5, 5.41) is 4.17. The van der Waals surface area contributed by atoms with Crippen molar-refractivity contribution in [2.75, 3.05) is 5.75 Å². The van der Waals surface area contributed by atoms with Gasteiger partial charge in [-0.15, -0.1) is 11.8 Å². The summed E-state index contributed by atoms with van der Waals surface area (Å²) >= 11 is 1.83. The molecule has 0 bridgehead atoms. The molecule has 1 aromatic carbocycles. The van der Waals surface area contributed by atoms with E-state index in [2.05, 4.69) is 42.4 Å². The van der Waals surface area contributed by atoms with E-state index in [-0.39, 0.29) is 6.04 Å². The maximum Gasteiger partial charge on any atom is 0.0492 e. The number of nitrogens with two attached hydrogens (primary N) is 1. The van der Waals surface area contributed by atoms with E-state index in [0.717, 1.165) is 18.6 Å². The zero-order valence-electron chi connectivity index (χ0n) is 11.5. The van der Waals surface area contributed by atoms with E-state index in [1.807, 2.05) is 29.7 Å². The first-order chi connectivity index (χ1) is 9.15. The Labute approximate surface area is 119 Å². The van der Waals surface area contributed by atoms with Crippen LogP contribution in [-0.2, 0) is 13.5 Å². The molecule has 1 aromatic heterocycles. The van der Waals surface area contributed by atoms with Crippen LogP contribution < -0.4 is 5.73 Å². The van der Waals surface area contributed by atoms with E-state index in [1.165, 1.54) is 16.2 Å². The Morgan fingerprint density at radius 3 is 2.63 bits per heavy atom. The van der Waals surface area contributed by atoms with Gasteiger partial charge in [-0.05, 0) is 38.0 Å². The molecule has 0 amide bonds. The third-order valence-electron chi connectivity index (χ3n) is 3.18. The lowest BCUT2D eigenvalue weighted by Gasteiger charge is -2.11. The first-order valence-electron chi connectivity index (χ1n) is 6.57. The molecule has 0 saturated heterocycles. The largest absolute Gasteiger partial charge is 0.327 e. The summed E-state index contributed by atoms with van der Waals surface area (Å²) in [6.45, 7) is 2.11. The van der Waals surface area contributed by atoms with Gasteiger partial charge in [-0.1, -0.05) is 17.7 Å². The van der Waals surface area contributed by atoms with Crippen LogP contribution in [0.2, 0.25) is 0 Å². The average molecular weight is 275 g/mol. The van der Waals surface area contributed by atoms with Gasteiger partial charge in [-0.2, -0.15) is 5.10 Å². The Hall–Kier alpha value is -1.26. The second-order valence-corrected chi connectivity index (χ2v) is 5.96. The minimum absolute atomic E-state index is 0.223. The molecular formula is C15H21N3S. The smallest absolute Gasteiger partial charge is 0.0492 e. The fourth-order valence-electron chi connectivity index (χ4n) is 1.90. The SMILES string of the molecule is Cc1ccc(SCC(N)CCc2ccnn2C)cc1. The molecule has 1 unspecified atom stereocenters. The van der Waals surface area contributed by atoms with Crippen LogP contribution in [0.3, 0.4) is 0 Å². The molecule has 0 aliphatic carbocycles. The standard InChI is InChI=1S/C15H21N3S/c1-12-3-7-15(8-4-12)19-11-13(16)5-6-14-9-10-17-18(14)2/h3-4,7-10,13H,5-6,11,16H2,1-2H3. The van der Waals surface area contributed by atoms with Crippen LogP contribution in [-0.4, -0.2) is 21.6 Å². The predicted octanol–water partition coefficient (Wildman–Crippen LogP) is 2.78. The van der Waals surface area contributed by atoms with Gasteiger partial charge in [0.15, 0.2) is 0 Å². The normalized spacial score (nSPS) is 12.6. The third-order valence-corrected chi connectivity index (χ3v) is 4.38. The molecule has 2 N–H and O–H groups in total. The third kappa shape index (κ3) is 4.40. The number of hydrogen-bond donors (Lipinski definition) is 1. The van der Waals surface area contributed by atoms with Crippen LogP contribution >= 0.6 is 11.8 Å². The van der Waals surface area contributed by atoms with Crippen LogP contribution in [0, 0.1) is 6.92 Å². The maximum absolute atomic E-state index is 6.17. The highest BCUT2D eigenvalue weighted by molar-refractivity contribution is 7.99. The highest BCUT2D eigenvalue weighted by Gasteiger charge is 2.06. The number of aromatic nitrogens is 2. The van der Waals surface area contributed by atoms with E-state index in [0.29, 0.717) is 0 Å². The first-order valence-corrected chi connectivity index (χ1v) is 7.55. The molecule has 4 heteroatoms. The zero-order valence-corrected chi connectivity index (χ0v) is 12.4. The predicted molar refractivity (Wildman–Crippen MR) is 81.4 cm³/mol. The van der Waals surface area contributed by atoms with Crippen molar-refractivity contribution in [1.29, 1.82) is 0 Å². The Kier molecular flexibility index (Phi) is 5.05. The van der Waals surface area contributed by atoms with Gasteiger partial charge in [0.25, 0.3) is 0 Å². The number of thioether (sulfide) groups is 1. The Bertz CT molecular complexity index is 504. The minimum atomic E-state index is 0.223. The van der Waals surface area contributed by atoms with Crippen molar-refractivity contribution < 1.29 is 0 Å². The lowest BCUT2D eigenvalue weighted by molar-refractivity contribution is 0.629. The topological polar surface area (TPSA) is 43.8 Å². The Morgan fingerprint density at radius 2 is 2.00 bits per heavy atom. The van der Waals surface area contributed by atoms with Gasteiger partial charge < -0.3 is 5.73 Å². The van der Waals surface area contributed by atoms with Crippen molar-refractivity contribution in [3.05, 3.63) is 47.8 Å². The van der Waals surface area contributed by atoms with E-state index in [9.17, 15) is 0 Å². The van der Waals surface area contributed by atoms with Crippen molar-refractivity contribution in [1.82, 2.24) is 9.78 Å². The highest BCUT2D eigenvalue weighted by Crippen LogP contribution is 2.19. The Morgan fingerprint density at radius 1 is 1.26 bits per heavy atom. The highest BCUT2D eigenvalue weighted by atomic mass is 32.2. The molecule has 19 heavy (non-hydrogen) atoms. The van der Waals surface area contributed by atoms with Gasteiger partial charge in [0.05, 0.1) is 0 Å². The zero-order chi connectivity index (χ0) is 13.7. The van der Waals surface area contributed by atoms with Crippen molar-refractivity contribution in [2.45, 2.75) is 30.7 Å². The Balaban J connectivity index is 1.74. The van der Waals surface area contributed by atoms with Crippen LogP contribution in [0.1, 0.15) is 17.7 Å². The average Bonchev–Trinajstić information content (AvgIpc) is 2.81. The van der Waals surface area contributed by atoms with E-state index < -0.39 is 0 Å². The van der Waals surface area contributed by atoms with Crippen LogP contribution in [0.25, 0.3) is 0 Å². The molecule has 0 aliphatic heterocycles. The van der Waals surface area contributed by atoms with Crippen LogP contribution in [0.15, 0.2) is 41.4 Å². The molecule has 0 saturated carbocycles. The van der Waals surface area contributed by atoms with Crippen molar-refractivity contribution >= 4 is 11.8 Å². The lowest BCUT2D eigenvalue weighted by atomic mass is 10.1. The number of hydrogen-bond acceptors (Lipinski definition) is 3. The summed E-state index contributed by atoms with van der Waals surface area (Å²) in [5.74, 6) is 0.959. The summed E-state index contributed by atoms with van der Waals surface area (Å²) < 4.78 is 1.92. The number of rotatable bonds is 6. The summed E-state index contributed by atoms with van der Waals surface area (Å²) in [6.07, 6.45) is 3.83. The van der Waals surface area contributed by atoms with Gasteiger partial charge >= 0.3 is 0 Å². The molecule has 102 valence electrons. The van der Waals surface area contributed by atoms with E-state index in [4.69, 9.17) is 5.73 Å². The van der Waals surface area contributed by atoms with E-state index in [1.54, 1.807) is 0 Å². The molecule has 0 spiro atoms. The van der Waals surface area contributed by atoms with Gasteiger partial charge in [0.1, 0.15) is 0 Å². The second kappa shape index (κ2) is 6.78. The van der Waals surface area contributed by atoms with Gasteiger partial charge in [0, 0.05) is 35.6 Å². The molecular weight excluding hydrogens is 254 g/mol. The van der Waals surface area contributed by atoms with Crippen molar-refractivity contribution in [3.63, 3.8) is 0 Å². The van der Waals surface area contributed by atoms with Gasteiger partial charge in [0.2, 0.25) is 0 Å². The van der Waals surface area contributed by atoms with Gasteiger partial charge in [-0.25, -0.2) is 0 Å². The molecule has 3 nitrogen and oxygen atoms in total.